The molecule has 0 spiro atoms. The van der Waals surface area contributed by atoms with E-state index in [1.807, 2.05) is 25.7 Å². The highest BCUT2D eigenvalue weighted by atomic mass is 16.6. The van der Waals surface area contributed by atoms with Crippen LogP contribution in [0.25, 0.3) is 16.7 Å². The van der Waals surface area contributed by atoms with Crippen LogP contribution in [0.1, 0.15) is 33.6 Å². The lowest BCUT2D eigenvalue weighted by Crippen LogP contribution is -2.49. The first-order chi connectivity index (χ1) is 14.2. The molecule has 3 N–H and O–H groups in total. The van der Waals surface area contributed by atoms with Gasteiger partial charge in [-0.05, 0) is 33.6 Å². The Morgan fingerprint density at radius 1 is 1.37 bits per heavy atom. The SMILES string of the molecule is CC(C)(C)OC(=O)N[C@@H]1CCCN(c2nn(C3=CC(=O)OC3)c3ncnc(N)c23)C1. The van der Waals surface area contributed by atoms with Gasteiger partial charge in [0, 0.05) is 25.2 Å². The first-order valence-corrected chi connectivity index (χ1v) is 9.82. The molecule has 1 amide bonds. The lowest BCUT2D eigenvalue weighted by molar-refractivity contribution is -0.134. The van der Waals surface area contributed by atoms with Gasteiger partial charge in [0.05, 0.1) is 5.70 Å². The van der Waals surface area contributed by atoms with E-state index < -0.39 is 17.7 Å². The van der Waals surface area contributed by atoms with Crippen molar-refractivity contribution in [1.82, 2.24) is 25.1 Å². The number of esters is 1. The van der Waals surface area contributed by atoms with Crippen molar-refractivity contribution in [2.24, 2.45) is 0 Å². The van der Waals surface area contributed by atoms with Crippen LogP contribution in [0.2, 0.25) is 0 Å². The van der Waals surface area contributed by atoms with Crippen molar-refractivity contribution in [3.63, 3.8) is 0 Å². The van der Waals surface area contributed by atoms with Crippen LogP contribution in [0.3, 0.4) is 0 Å². The quantitative estimate of drug-likeness (QED) is 0.710. The molecule has 11 nitrogen and oxygen atoms in total. The maximum atomic E-state index is 12.2. The molecule has 2 aliphatic heterocycles. The Balaban J connectivity index is 1.62. The van der Waals surface area contributed by atoms with E-state index in [2.05, 4.69) is 20.4 Å². The van der Waals surface area contributed by atoms with Gasteiger partial charge in [-0.1, -0.05) is 0 Å². The Morgan fingerprint density at radius 3 is 2.87 bits per heavy atom. The van der Waals surface area contributed by atoms with Gasteiger partial charge < -0.3 is 25.4 Å². The van der Waals surface area contributed by atoms with Gasteiger partial charge in [-0.15, -0.1) is 5.10 Å². The van der Waals surface area contributed by atoms with Crippen molar-refractivity contribution in [3.8, 4) is 0 Å². The summed E-state index contributed by atoms with van der Waals surface area (Å²) in [6.07, 6.45) is 3.98. The zero-order valence-electron chi connectivity index (χ0n) is 17.2. The summed E-state index contributed by atoms with van der Waals surface area (Å²) in [5, 5.41) is 8.22. The van der Waals surface area contributed by atoms with Crippen molar-refractivity contribution < 1.29 is 19.1 Å². The number of nitrogens with one attached hydrogen (secondary N) is 1. The second-order valence-electron chi connectivity index (χ2n) is 8.37. The molecule has 160 valence electrons. The topological polar surface area (TPSA) is 137 Å². The molecule has 2 aliphatic rings. The average Bonchev–Trinajstić information content (AvgIpc) is 3.24. The van der Waals surface area contributed by atoms with Gasteiger partial charge in [-0.3, -0.25) is 0 Å². The fraction of sp³-hybridized carbons (Fsp3) is 0.526. The van der Waals surface area contributed by atoms with Gasteiger partial charge in [0.1, 0.15) is 29.7 Å². The highest BCUT2D eigenvalue weighted by Gasteiger charge is 2.29. The summed E-state index contributed by atoms with van der Waals surface area (Å²) in [6, 6.07) is -0.102. The normalized spacial score (nSPS) is 19.6. The summed E-state index contributed by atoms with van der Waals surface area (Å²) in [7, 11) is 0. The Bertz CT molecular complexity index is 1020. The van der Waals surface area contributed by atoms with Gasteiger partial charge in [0.2, 0.25) is 0 Å². The minimum Gasteiger partial charge on any atom is -0.456 e. The maximum Gasteiger partial charge on any atom is 0.407 e. The Labute approximate surface area is 173 Å². The number of amides is 1. The van der Waals surface area contributed by atoms with Crippen LogP contribution in [0.5, 0.6) is 0 Å². The molecule has 0 bridgehead atoms. The van der Waals surface area contributed by atoms with Crippen molar-refractivity contribution in [1.29, 1.82) is 0 Å². The number of nitrogens with zero attached hydrogens (tertiary/aromatic N) is 5. The Morgan fingerprint density at radius 2 is 2.17 bits per heavy atom. The Kier molecular flexibility index (Phi) is 4.96. The minimum absolute atomic E-state index is 0.102. The van der Waals surface area contributed by atoms with Crippen LogP contribution in [-0.4, -0.2) is 63.2 Å². The number of hydrogen-bond acceptors (Lipinski definition) is 9. The monoisotopic (exact) mass is 415 g/mol. The zero-order chi connectivity index (χ0) is 21.5. The van der Waals surface area contributed by atoms with Gasteiger partial charge >= 0.3 is 12.1 Å². The number of hydrogen-bond donors (Lipinski definition) is 2. The smallest absolute Gasteiger partial charge is 0.407 e. The van der Waals surface area contributed by atoms with Crippen molar-refractivity contribution >= 4 is 40.4 Å². The van der Waals surface area contributed by atoms with E-state index in [0.717, 1.165) is 19.4 Å². The summed E-state index contributed by atoms with van der Waals surface area (Å²) in [4.78, 5) is 34.2. The number of fused-ring (bicyclic) bond motifs is 1. The number of nitrogens with two attached hydrogens (primary N) is 1. The van der Waals surface area contributed by atoms with E-state index in [4.69, 9.17) is 15.2 Å². The van der Waals surface area contributed by atoms with E-state index in [9.17, 15) is 9.59 Å². The molecule has 2 aromatic rings. The number of carbonyl (C=O) groups is 2. The summed E-state index contributed by atoms with van der Waals surface area (Å²) in [5.74, 6) is 0.491. The number of nitrogen functional groups attached to an aromatic ring is 1. The van der Waals surface area contributed by atoms with E-state index in [-0.39, 0.29) is 12.6 Å². The molecule has 4 rings (SSSR count). The summed E-state index contributed by atoms with van der Waals surface area (Å²) < 4.78 is 12.0. The number of ether oxygens (including phenoxy) is 2. The summed E-state index contributed by atoms with van der Waals surface area (Å²) in [6.45, 7) is 6.87. The van der Waals surface area contributed by atoms with Crippen LogP contribution >= 0.6 is 0 Å². The van der Waals surface area contributed by atoms with E-state index in [1.54, 1.807) is 4.68 Å². The van der Waals surface area contributed by atoms with Crippen molar-refractivity contribution in [2.45, 2.75) is 45.3 Å². The van der Waals surface area contributed by atoms with Gasteiger partial charge in [-0.2, -0.15) is 0 Å². The third kappa shape index (κ3) is 4.00. The lowest BCUT2D eigenvalue weighted by Gasteiger charge is -2.33. The van der Waals surface area contributed by atoms with Crippen LogP contribution in [0.4, 0.5) is 16.4 Å². The molecule has 2 aromatic heterocycles. The summed E-state index contributed by atoms with van der Waals surface area (Å²) in [5.41, 5.74) is 6.67. The van der Waals surface area contributed by atoms with E-state index >= 15 is 0 Å². The Hall–Kier alpha value is -3.37. The van der Waals surface area contributed by atoms with Gasteiger partial charge in [-0.25, -0.2) is 24.2 Å². The number of anilines is 2. The third-order valence-corrected chi connectivity index (χ3v) is 4.84. The van der Waals surface area contributed by atoms with Crippen LogP contribution in [0, 0.1) is 0 Å². The third-order valence-electron chi connectivity index (χ3n) is 4.84. The predicted octanol–water partition coefficient (Wildman–Crippen LogP) is 1.30. The molecular weight excluding hydrogens is 390 g/mol. The number of carbonyl (C=O) groups excluding carboxylic acids is 2. The number of aromatic nitrogens is 4. The molecule has 11 heteroatoms. The number of cyclic esters (lactones) is 1. The fourth-order valence-corrected chi connectivity index (χ4v) is 3.63. The van der Waals surface area contributed by atoms with Gasteiger partial charge in [0.25, 0.3) is 0 Å². The lowest BCUT2D eigenvalue weighted by atomic mass is 10.1. The highest BCUT2D eigenvalue weighted by molar-refractivity contribution is 5.99. The molecular formula is C19H25N7O4. The molecule has 4 heterocycles. The first kappa shape index (κ1) is 19.9. The fourth-order valence-electron chi connectivity index (χ4n) is 3.63. The largest absolute Gasteiger partial charge is 0.456 e. The molecule has 1 atom stereocenters. The van der Waals surface area contributed by atoms with Gasteiger partial charge in [0.15, 0.2) is 11.5 Å². The number of alkyl carbamates (subject to hydrolysis) is 1. The average molecular weight is 415 g/mol. The number of piperidine rings is 1. The zero-order valence-corrected chi connectivity index (χ0v) is 17.2. The molecule has 0 aromatic carbocycles. The van der Waals surface area contributed by atoms with Crippen molar-refractivity contribution in [2.75, 3.05) is 30.3 Å². The predicted molar refractivity (Wildman–Crippen MR) is 110 cm³/mol. The van der Waals surface area contributed by atoms with E-state index in [0.29, 0.717) is 34.9 Å². The first-order valence-electron chi connectivity index (χ1n) is 9.82. The standard InChI is InChI=1S/C19H25N7O4/c1-19(2,3)30-18(28)23-11-5-4-6-25(8-11)17-14-15(20)21-10-22-16(14)26(24-17)12-7-13(27)29-9-12/h7,10-11H,4-6,8-9H2,1-3H3,(H,23,28)(H2,20,21,22)/t11-/m1/s1. The molecule has 0 saturated carbocycles. The second kappa shape index (κ2) is 7.47. The molecule has 0 aliphatic carbocycles. The highest BCUT2D eigenvalue weighted by Crippen LogP contribution is 2.32. The summed E-state index contributed by atoms with van der Waals surface area (Å²) >= 11 is 0. The minimum atomic E-state index is -0.562. The molecule has 0 unspecified atom stereocenters. The molecule has 1 saturated heterocycles. The van der Waals surface area contributed by atoms with Crippen LogP contribution in [-0.2, 0) is 14.3 Å². The maximum absolute atomic E-state index is 12.2. The second-order valence-corrected chi connectivity index (χ2v) is 8.37. The van der Waals surface area contributed by atoms with Crippen LogP contribution in [0.15, 0.2) is 12.4 Å². The van der Waals surface area contributed by atoms with E-state index in [1.165, 1.54) is 12.4 Å². The molecule has 1 fully saturated rings. The van der Waals surface area contributed by atoms with Crippen molar-refractivity contribution in [3.05, 3.63) is 12.4 Å². The molecule has 30 heavy (non-hydrogen) atoms. The number of rotatable bonds is 3. The molecule has 0 radical (unpaired) electrons. The van der Waals surface area contributed by atoms with Crippen LogP contribution < -0.4 is 16.0 Å².